The number of nitrogens with one attached hydrogen (secondary N) is 2. The first-order valence-electron chi connectivity index (χ1n) is 7.56. The number of halogens is 2. The lowest BCUT2D eigenvalue weighted by molar-refractivity contribution is -0.121. The van der Waals surface area contributed by atoms with Crippen molar-refractivity contribution in [2.75, 3.05) is 11.9 Å². The number of hydrogen-bond donors (Lipinski definition) is 2. The average molecular weight is 374 g/mol. The summed E-state index contributed by atoms with van der Waals surface area (Å²) in [5, 5.41) is 5.50. The number of aromatic nitrogens is 1. The Morgan fingerprint density at radius 2 is 1.92 bits per heavy atom. The molecule has 132 valence electrons. The van der Waals surface area contributed by atoms with Gasteiger partial charge in [-0.2, -0.15) is 0 Å². The molecule has 3 aromatic rings. The standard InChI is InChI=1S/C18H13ClFN3O3/c19-12-7-8-15(17-11(12)4-3-9-21-17)26-10-16(24)23-18(25)22-14-6-2-1-5-13(14)20/h1-9H,10H2,(H2,22,23,24,25). The highest BCUT2D eigenvalue weighted by molar-refractivity contribution is 6.35. The number of rotatable bonds is 4. The Labute approximate surface area is 152 Å². The summed E-state index contributed by atoms with van der Waals surface area (Å²) in [6, 6.07) is 11.5. The topological polar surface area (TPSA) is 80.3 Å². The first-order valence-corrected chi connectivity index (χ1v) is 7.94. The number of amides is 3. The average Bonchev–Trinajstić information content (AvgIpc) is 2.63. The number of carbonyl (C=O) groups excluding carboxylic acids is 2. The third kappa shape index (κ3) is 4.07. The normalized spacial score (nSPS) is 10.4. The van der Waals surface area contributed by atoms with Crippen molar-refractivity contribution in [3.05, 3.63) is 65.6 Å². The van der Waals surface area contributed by atoms with Crippen LogP contribution in [-0.4, -0.2) is 23.5 Å². The lowest BCUT2D eigenvalue weighted by atomic mass is 10.2. The van der Waals surface area contributed by atoms with Crippen molar-refractivity contribution in [1.82, 2.24) is 10.3 Å². The van der Waals surface area contributed by atoms with E-state index >= 15 is 0 Å². The highest BCUT2D eigenvalue weighted by atomic mass is 35.5. The molecule has 0 fully saturated rings. The van der Waals surface area contributed by atoms with Crippen LogP contribution in [0.4, 0.5) is 14.9 Å². The number of benzene rings is 2. The summed E-state index contributed by atoms with van der Waals surface area (Å²) in [7, 11) is 0. The fourth-order valence-electron chi connectivity index (χ4n) is 2.25. The van der Waals surface area contributed by atoms with Crippen molar-refractivity contribution in [3.8, 4) is 5.75 Å². The van der Waals surface area contributed by atoms with Crippen LogP contribution in [0.15, 0.2) is 54.7 Å². The highest BCUT2D eigenvalue weighted by Gasteiger charge is 2.12. The van der Waals surface area contributed by atoms with E-state index in [1.165, 1.54) is 18.2 Å². The molecule has 2 N–H and O–H groups in total. The predicted octanol–water partition coefficient (Wildman–Crippen LogP) is 3.75. The van der Waals surface area contributed by atoms with Crippen molar-refractivity contribution < 1.29 is 18.7 Å². The van der Waals surface area contributed by atoms with Gasteiger partial charge in [0, 0.05) is 11.6 Å². The summed E-state index contributed by atoms with van der Waals surface area (Å²) in [6.45, 7) is -0.419. The Bertz CT molecular complexity index is 981. The zero-order chi connectivity index (χ0) is 18.5. The third-order valence-electron chi connectivity index (χ3n) is 3.41. The largest absolute Gasteiger partial charge is 0.481 e. The molecule has 0 bridgehead atoms. The number of carbonyl (C=O) groups is 2. The zero-order valence-electron chi connectivity index (χ0n) is 13.3. The van der Waals surface area contributed by atoms with Gasteiger partial charge in [-0.1, -0.05) is 23.7 Å². The van der Waals surface area contributed by atoms with Gasteiger partial charge in [-0.15, -0.1) is 0 Å². The van der Waals surface area contributed by atoms with Crippen molar-refractivity contribution in [3.63, 3.8) is 0 Å². The second kappa shape index (κ2) is 7.79. The zero-order valence-corrected chi connectivity index (χ0v) is 14.1. The smallest absolute Gasteiger partial charge is 0.326 e. The molecule has 0 aliphatic heterocycles. The van der Waals surface area contributed by atoms with Crippen LogP contribution >= 0.6 is 11.6 Å². The second-order valence-corrected chi connectivity index (χ2v) is 5.62. The number of hydrogen-bond acceptors (Lipinski definition) is 4. The summed E-state index contributed by atoms with van der Waals surface area (Å²) in [5.41, 5.74) is 0.468. The number of urea groups is 1. The predicted molar refractivity (Wildman–Crippen MR) is 95.8 cm³/mol. The van der Waals surface area contributed by atoms with Crippen LogP contribution in [0.3, 0.4) is 0 Å². The van der Waals surface area contributed by atoms with Crippen LogP contribution in [0, 0.1) is 5.82 Å². The van der Waals surface area contributed by atoms with Crippen LogP contribution in [0.25, 0.3) is 10.9 Å². The molecule has 2 aromatic carbocycles. The minimum absolute atomic E-state index is 0.0355. The number of imide groups is 1. The van der Waals surface area contributed by atoms with Crippen LogP contribution < -0.4 is 15.4 Å². The molecule has 0 aliphatic rings. The van der Waals surface area contributed by atoms with Crippen LogP contribution in [0.5, 0.6) is 5.75 Å². The summed E-state index contributed by atoms with van der Waals surface area (Å²) >= 11 is 6.09. The molecule has 0 aliphatic carbocycles. The van der Waals surface area contributed by atoms with E-state index in [0.717, 1.165) is 0 Å². The van der Waals surface area contributed by atoms with Gasteiger partial charge >= 0.3 is 6.03 Å². The van der Waals surface area contributed by atoms with Gasteiger partial charge in [0.05, 0.1) is 10.7 Å². The van der Waals surface area contributed by atoms with Crippen molar-refractivity contribution >= 4 is 40.1 Å². The third-order valence-corrected chi connectivity index (χ3v) is 3.74. The van der Waals surface area contributed by atoms with Gasteiger partial charge < -0.3 is 10.1 Å². The van der Waals surface area contributed by atoms with Gasteiger partial charge in [0.25, 0.3) is 5.91 Å². The van der Waals surface area contributed by atoms with Gasteiger partial charge in [0.1, 0.15) is 17.1 Å². The molecule has 3 rings (SSSR count). The number of pyridine rings is 1. The molecular weight excluding hydrogens is 361 g/mol. The van der Waals surface area contributed by atoms with E-state index < -0.39 is 24.4 Å². The molecular formula is C18H13ClFN3O3. The first-order chi connectivity index (χ1) is 12.5. The summed E-state index contributed by atoms with van der Waals surface area (Å²) < 4.78 is 18.9. The maximum atomic E-state index is 13.5. The van der Waals surface area contributed by atoms with Crippen molar-refractivity contribution in [1.29, 1.82) is 0 Å². The molecule has 0 saturated carbocycles. The molecule has 0 saturated heterocycles. The maximum Gasteiger partial charge on any atom is 0.326 e. The SMILES string of the molecule is O=C(COc1ccc(Cl)c2cccnc12)NC(=O)Nc1ccccc1F. The number of fused-ring (bicyclic) bond motifs is 1. The van der Waals surface area contributed by atoms with E-state index in [2.05, 4.69) is 15.6 Å². The summed E-state index contributed by atoms with van der Waals surface area (Å²) in [6.07, 6.45) is 1.58. The van der Waals surface area contributed by atoms with E-state index in [9.17, 15) is 14.0 Å². The minimum Gasteiger partial charge on any atom is -0.481 e. The Kier molecular flexibility index (Phi) is 5.28. The van der Waals surface area contributed by atoms with Gasteiger partial charge in [0.2, 0.25) is 0 Å². The van der Waals surface area contributed by atoms with Gasteiger partial charge in [-0.05, 0) is 36.4 Å². The Hall–Kier alpha value is -3.19. The molecule has 8 heteroatoms. The molecule has 0 atom stereocenters. The fourth-order valence-corrected chi connectivity index (χ4v) is 2.47. The maximum absolute atomic E-state index is 13.5. The summed E-state index contributed by atoms with van der Waals surface area (Å²) in [5.74, 6) is -0.947. The monoisotopic (exact) mass is 373 g/mol. The molecule has 6 nitrogen and oxygen atoms in total. The lowest BCUT2D eigenvalue weighted by Gasteiger charge is -2.10. The van der Waals surface area contributed by atoms with Gasteiger partial charge in [-0.25, -0.2) is 9.18 Å². The number of ether oxygens (including phenoxy) is 1. The van der Waals surface area contributed by atoms with Crippen molar-refractivity contribution in [2.45, 2.75) is 0 Å². The van der Waals surface area contributed by atoms with Crippen LogP contribution in [0.2, 0.25) is 5.02 Å². The van der Waals surface area contributed by atoms with Crippen molar-refractivity contribution in [2.24, 2.45) is 0 Å². The molecule has 1 aromatic heterocycles. The summed E-state index contributed by atoms with van der Waals surface area (Å²) in [4.78, 5) is 27.8. The Morgan fingerprint density at radius 3 is 2.73 bits per heavy atom. The first kappa shape index (κ1) is 17.6. The molecule has 3 amide bonds. The van der Waals surface area contributed by atoms with Gasteiger partial charge in [-0.3, -0.25) is 15.1 Å². The van der Waals surface area contributed by atoms with E-state index in [-0.39, 0.29) is 5.69 Å². The Morgan fingerprint density at radius 1 is 1.12 bits per heavy atom. The molecule has 0 unspecified atom stereocenters. The molecule has 26 heavy (non-hydrogen) atoms. The van der Waals surface area contributed by atoms with Crippen LogP contribution in [0.1, 0.15) is 0 Å². The lowest BCUT2D eigenvalue weighted by Crippen LogP contribution is -2.37. The fraction of sp³-hybridized carbons (Fsp3) is 0.0556. The molecule has 1 heterocycles. The van der Waals surface area contributed by atoms with Gasteiger partial charge in [0.15, 0.2) is 6.61 Å². The Balaban J connectivity index is 1.60. The second-order valence-electron chi connectivity index (χ2n) is 5.22. The van der Waals surface area contributed by atoms with E-state index in [4.69, 9.17) is 16.3 Å². The number of nitrogens with zero attached hydrogens (tertiary/aromatic N) is 1. The van der Waals surface area contributed by atoms with E-state index in [1.807, 2.05) is 0 Å². The number of anilines is 1. The molecule has 0 radical (unpaired) electrons. The number of para-hydroxylation sites is 1. The van der Waals surface area contributed by atoms with E-state index in [0.29, 0.717) is 21.7 Å². The quantitative estimate of drug-likeness (QED) is 0.729. The highest BCUT2D eigenvalue weighted by Crippen LogP contribution is 2.29. The van der Waals surface area contributed by atoms with Crippen LogP contribution in [-0.2, 0) is 4.79 Å². The van der Waals surface area contributed by atoms with E-state index in [1.54, 1.807) is 36.5 Å². The minimum atomic E-state index is -0.859. The molecule has 0 spiro atoms.